The molecule has 186 valence electrons. The summed E-state index contributed by atoms with van der Waals surface area (Å²) >= 11 is 3.47. The largest absolute Gasteiger partial charge is 0.493 e. The lowest BCUT2D eigenvalue weighted by atomic mass is 10.1. The smallest absolute Gasteiger partial charge is 0.416 e. The lowest BCUT2D eigenvalue weighted by Gasteiger charge is -2.15. The quantitative estimate of drug-likeness (QED) is 0.252. The number of aromatic nitrogens is 2. The molecule has 0 unspecified atom stereocenters. The van der Waals surface area contributed by atoms with Crippen LogP contribution in [0.2, 0.25) is 0 Å². The normalized spacial score (nSPS) is 12.0. The van der Waals surface area contributed by atoms with Crippen molar-refractivity contribution in [3.05, 3.63) is 86.6 Å². The molecular weight excluding hydrogens is 539 g/mol. The molecule has 0 saturated heterocycles. The van der Waals surface area contributed by atoms with Crippen LogP contribution in [0.1, 0.15) is 25.0 Å². The van der Waals surface area contributed by atoms with Crippen molar-refractivity contribution in [3.63, 3.8) is 0 Å². The van der Waals surface area contributed by atoms with Crippen LogP contribution in [0, 0.1) is 0 Å². The summed E-state index contributed by atoms with van der Waals surface area (Å²) in [5, 5.41) is 4.61. The molecule has 10 heteroatoms. The number of alkyl halides is 3. The first kappa shape index (κ1) is 25.4. The molecule has 0 bridgehead atoms. The van der Waals surface area contributed by atoms with Gasteiger partial charge in [0.2, 0.25) is 0 Å². The molecule has 0 fully saturated rings. The first-order valence-electron chi connectivity index (χ1n) is 10.9. The van der Waals surface area contributed by atoms with Crippen molar-refractivity contribution >= 4 is 33.0 Å². The zero-order valence-electron chi connectivity index (χ0n) is 19.5. The van der Waals surface area contributed by atoms with Crippen LogP contribution in [0.4, 0.5) is 13.2 Å². The maximum Gasteiger partial charge on any atom is 0.416 e. The molecule has 0 spiro atoms. The Morgan fingerprint density at radius 1 is 1.06 bits per heavy atom. The minimum atomic E-state index is -4.55. The molecule has 6 nitrogen and oxygen atoms in total. The molecule has 0 aliphatic carbocycles. The van der Waals surface area contributed by atoms with Gasteiger partial charge in [-0.2, -0.15) is 22.9 Å². The zero-order valence-corrected chi connectivity index (χ0v) is 21.1. The summed E-state index contributed by atoms with van der Waals surface area (Å²) < 4.78 is 52.9. The van der Waals surface area contributed by atoms with E-state index in [1.807, 2.05) is 13.8 Å². The fourth-order valence-corrected chi connectivity index (χ4v) is 3.95. The molecule has 1 aromatic heterocycles. The van der Waals surface area contributed by atoms with Gasteiger partial charge < -0.3 is 9.47 Å². The Morgan fingerprint density at radius 3 is 2.50 bits per heavy atom. The second kappa shape index (κ2) is 10.1. The number of benzene rings is 3. The molecule has 0 aliphatic rings. The Labute approximate surface area is 213 Å². The van der Waals surface area contributed by atoms with E-state index in [1.54, 1.807) is 36.4 Å². The number of halogens is 4. The minimum absolute atomic E-state index is 0.0242. The van der Waals surface area contributed by atoms with Crippen molar-refractivity contribution in [2.24, 2.45) is 5.10 Å². The molecule has 0 amide bonds. The van der Waals surface area contributed by atoms with Crippen molar-refractivity contribution in [1.82, 2.24) is 9.66 Å². The molecule has 0 radical (unpaired) electrons. The Bertz CT molecular complexity index is 1510. The highest BCUT2D eigenvalue weighted by molar-refractivity contribution is 9.10. The van der Waals surface area contributed by atoms with Gasteiger partial charge in [-0.1, -0.05) is 24.3 Å². The molecule has 0 N–H and O–H groups in total. The van der Waals surface area contributed by atoms with Crippen LogP contribution >= 0.6 is 15.9 Å². The highest BCUT2D eigenvalue weighted by Crippen LogP contribution is 2.34. The van der Waals surface area contributed by atoms with Crippen LogP contribution in [0.5, 0.6) is 11.5 Å². The Morgan fingerprint density at radius 2 is 1.81 bits per heavy atom. The van der Waals surface area contributed by atoms with E-state index in [0.29, 0.717) is 27.1 Å². The minimum Gasteiger partial charge on any atom is -0.493 e. The van der Waals surface area contributed by atoms with Gasteiger partial charge in [-0.15, -0.1) is 0 Å². The second-order valence-corrected chi connectivity index (χ2v) is 8.94. The first-order valence-corrected chi connectivity index (χ1v) is 11.7. The van der Waals surface area contributed by atoms with Crippen LogP contribution in [0.25, 0.3) is 22.3 Å². The number of hydrogen-bond acceptors (Lipinski definition) is 5. The second-order valence-electron chi connectivity index (χ2n) is 8.08. The van der Waals surface area contributed by atoms with Gasteiger partial charge in [0, 0.05) is 15.6 Å². The molecule has 1 heterocycles. The lowest BCUT2D eigenvalue weighted by Crippen LogP contribution is -2.20. The predicted octanol–water partition coefficient (Wildman–Crippen LogP) is 6.52. The molecule has 3 aromatic carbocycles. The van der Waals surface area contributed by atoms with Crippen LogP contribution in [0.15, 0.2) is 75.0 Å². The van der Waals surface area contributed by atoms with E-state index in [1.165, 1.54) is 25.5 Å². The highest BCUT2D eigenvalue weighted by atomic mass is 79.9. The van der Waals surface area contributed by atoms with E-state index < -0.39 is 17.3 Å². The molecule has 0 aliphatic heterocycles. The Balaban J connectivity index is 1.89. The average molecular weight is 560 g/mol. The number of hydrogen-bond donors (Lipinski definition) is 0. The summed E-state index contributed by atoms with van der Waals surface area (Å²) in [7, 11) is 1.50. The monoisotopic (exact) mass is 559 g/mol. The summed E-state index contributed by atoms with van der Waals surface area (Å²) in [6.07, 6.45) is -3.23. The van der Waals surface area contributed by atoms with E-state index in [9.17, 15) is 18.0 Å². The Kier molecular flexibility index (Phi) is 7.16. The number of para-hydroxylation sites is 1. The van der Waals surface area contributed by atoms with Crippen LogP contribution in [-0.4, -0.2) is 29.1 Å². The van der Waals surface area contributed by atoms with Crippen LogP contribution < -0.4 is 15.0 Å². The molecule has 4 rings (SSSR count). The molecular formula is C26H21BrF3N3O3. The van der Waals surface area contributed by atoms with Gasteiger partial charge in [0.05, 0.1) is 35.9 Å². The summed E-state index contributed by atoms with van der Waals surface area (Å²) in [5.41, 5.74) is -0.377. The molecule has 0 atom stereocenters. The highest BCUT2D eigenvalue weighted by Gasteiger charge is 2.31. The van der Waals surface area contributed by atoms with Gasteiger partial charge in [-0.25, -0.2) is 4.98 Å². The van der Waals surface area contributed by atoms with E-state index in [-0.39, 0.29) is 22.9 Å². The van der Waals surface area contributed by atoms with Gasteiger partial charge in [0.15, 0.2) is 17.3 Å². The van der Waals surface area contributed by atoms with Gasteiger partial charge in [0.25, 0.3) is 5.56 Å². The van der Waals surface area contributed by atoms with Gasteiger partial charge in [0.1, 0.15) is 0 Å². The van der Waals surface area contributed by atoms with Crippen molar-refractivity contribution in [3.8, 4) is 22.9 Å². The van der Waals surface area contributed by atoms with Crippen molar-refractivity contribution < 1.29 is 22.6 Å². The van der Waals surface area contributed by atoms with Crippen molar-refractivity contribution in [2.45, 2.75) is 26.1 Å². The zero-order chi connectivity index (χ0) is 26.0. The van der Waals surface area contributed by atoms with E-state index in [2.05, 4.69) is 26.0 Å². The summed E-state index contributed by atoms with van der Waals surface area (Å²) in [4.78, 5) is 17.8. The molecule has 0 saturated carbocycles. The standard InChI is InChI=1S/C26H21BrF3N3O3/c1-15(2)36-23-13-20(27)17(12-22(23)35-3)14-31-33-24(16-7-6-8-18(11-16)26(28,29)30)32-21-10-5-4-9-19(21)25(33)34/h4-15H,1-3H3. The number of ether oxygens (including phenoxy) is 2. The third-order valence-electron chi connectivity index (χ3n) is 5.16. The lowest BCUT2D eigenvalue weighted by molar-refractivity contribution is -0.137. The first-order chi connectivity index (χ1) is 17.1. The van der Waals surface area contributed by atoms with E-state index in [4.69, 9.17) is 9.47 Å². The molecule has 4 aromatic rings. The maximum atomic E-state index is 13.4. The van der Waals surface area contributed by atoms with E-state index >= 15 is 0 Å². The van der Waals surface area contributed by atoms with Gasteiger partial charge >= 0.3 is 6.18 Å². The fraction of sp³-hybridized carbons (Fsp3) is 0.192. The third kappa shape index (κ3) is 5.28. The van der Waals surface area contributed by atoms with Gasteiger partial charge in [-0.3, -0.25) is 4.79 Å². The summed E-state index contributed by atoms with van der Waals surface area (Å²) in [6.45, 7) is 3.77. The number of rotatable bonds is 6. The number of methoxy groups -OCH3 is 1. The topological polar surface area (TPSA) is 65.7 Å². The number of fused-ring (bicyclic) bond motifs is 1. The summed E-state index contributed by atoms with van der Waals surface area (Å²) in [6, 6.07) is 14.6. The van der Waals surface area contributed by atoms with Crippen LogP contribution in [0.3, 0.4) is 0 Å². The van der Waals surface area contributed by atoms with Crippen molar-refractivity contribution in [2.75, 3.05) is 7.11 Å². The number of nitrogens with zero attached hydrogens (tertiary/aromatic N) is 3. The Hall–Kier alpha value is -3.66. The fourth-order valence-electron chi connectivity index (χ4n) is 3.53. The van der Waals surface area contributed by atoms with Crippen LogP contribution in [-0.2, 0) is 6.18 Å². The molecule has 36 heavy (non-hydrogen) atoms. The predicted molar refractivity (Wildman–Crippen MR) is 136 cm³/mol. The van der Waals surface area contributed by atoms with Gasteiger partial charge in [-0.05, 0) is 66.2 Å². The third-order valence-corrected chi connectivity index (χ3v) is 5.85. The summed E-state index contributed by atoms with van der Waals surface area (Å²) in [5.74, 6) is 0.949. The van der Waals surface area contributed by atoms with E-state index in [0.717, 1.165) is 16.8 Å². The SMILES string of the molecule is COc1cc(C=Nn2c(-c3cccc(C(F)(F)F)c3)nc3ccccc3c2=O)c(Br)cc1OC(C)C. The maximum absolute atomic E-state index is 13.4. The van der Waals surface area contributed by atoms with Crippen molar-refractivity contribution in [1.29, 1.82) is 0 Å². The average Bonchev–Trinajstić information content (AvgIpc) is 2.83.